The van der Waals surface area contributed by atoms with Gasteiger partial charge in [-0.25, -0.2) is 4.98 Å². The third-order valence-electron chi connectivity index (χ3n) is 3.06. The summed E-state index contributed by atoms with van der Waals surface area (Å²) in [5.41, 5.74) is 2.74. The Kier molecular flexibility index (Phi) is 5.19. The molecular weight excluding hydrogens is 286 g/mol. The monoisotopic (exact) mass is 307 g/mol. The maximum absolute atomic E-state index is 11.5. The van der Waals surface area contributed by atoms with Gasteiger partial charge in [0.05, 0.1) is 5.69 Å². The van der Waals surface area contributed by atoms with E-state index in [-0.39, 0.29) is 5.56 Å². The zero-order valence-corrected chi connectivity index (χ0v) is 13.7. The van der Waals surface area contributed by atoms with Gasteiger partial charge in [0.1, 0.15) is 5.03 Å². The first-order chi connectivity index (χ1) is 10.0. The number of H-pyrrole nitrogens is 1. The van der Waals surface area contributed by atoms with Crippen LogP contribution in [0.15, 0.2) is 21.0 Å². The molecule has 0 saturated heterocycles. The Labute approximate surface area is 128 Å². The Balaban J connectivity index is 2.28. The number of rotatable bonds is 6. The summed E-state index contributed by atoms with van der Waals surface area (Å²) < 4.78 is 1.84. The van der Waals surface area contributed by atoms with E-state index < -0.39 is 0 Å². The van der Waals surface area contributed by atoms with Crippen LogP contribution in [0.3, 0.4) is 0 Å². The zero-order chi connectivity index (χ0) is 15.4. The molecule has 7 heteroatoms. The molecule has 6 nitrogen and oxygen atoms in total. The summed E-state index contributed by atoms with van der Waals surface area (Å²) in [4.78, 5) is 18.7. The Morgan fingerprint density at radius 1 is 1.43 bits per heavy atom. The summed E-state index contributed by atoms with van der Waals surface area (Å²) in [6, 6.07) is 1.49. The number of nitrogens with one attached hydrogen (secondary N) is 2. The van der Waals surface area contributed by atoms with Crippen molar-refractivity contribution in [3.8, 4) is 0 Å². The first-order valence-electron chi connectivity index (χ1n) is 7.00. The Bertz CT molecular complexity index is 676. The van der Waals surface area contributed by atoms with Crippen molar-refractivity contribution in [3.05, 3.63) is 33.4 Å². The fraction of sp³-hybridized carbons (Fsp3) is 0.500. The van der Waals surface area contributed by atoms with E-state index in [9.17, 15) is 4.79 Å². The number of hydrogen-bond acceptors (Lipinski definition) is 5. The van der Waals surface area contributed by atoms with Gasteiger partial charge in [-0.15, -0.1) is 0 Å². The Hall–Kier alpha value is -1.60. The minimum absolute atomic E-state index is 0.130. The van der Waals surface area contributed by atoms with Crippen LogP contribution in [0.4, 0.5) is 0 Å². The minimum atomic E-state index is -0.130. The van der Waals surface area contributed by atoms with Crippen LogP contribution >= 0.6 is 11.8 Å². The molecule has 0 aliphatic carbocycles. The second kappa shape index (κ2) is 6.91. The van der Waals surface area contributed by atoms with Crippen LogP contribution < -0.4 is 10.9 Å². The van der Waals surface area contributed by atoms with Crippen molar-refractivity contribution in [1.82, 2.24) is 25.1 Å². The molecule has 2 N–H and O–H groups in total. The van der Waals surface area contributed by atoms with Crippen LogP contribution in [0.2, 0.25) is 0 Å². The number of aromatic nitrogens is 4. The first-order valence-corrected chi connectivity index (χ1v) is 7.82. The maximum atomic E-state index is 11.5. The number of aryl methyl sites for hydroxylation is 3. The number of nitrogens with zero attached hydrogens (tertiary/aromatic N) is 3. The predicted octanol–water partition coefficient (Wildman–Crippen LogP) is 1.77. The summed E-state index contributed by atoms with van der Waals surface area (Å²) in [6.07, 6.45) is 1.09. The highest BCUT2D eigenvalue weighted by atomic mass is 32.2. The topological polar surface area (TPSA) is 75.6 Å². The van der Waals surface area contributed by atoms with Crippen LogP contribution in [0, 0.1) is 13.8 Å². The van der Waals surface area contributed by atoms with Gasteiger partial charge in [0.25, 0.3) is 5.56 Å². The largest absolute Gasteiger partial charge is 0.313 e. The average molecular weight is 307 g/mol. The lowest BCUT2D eigenvalue weighted by Gasteiger charge is -2.07. The van der Waals surface area contributed by atoms with Crippen LogP contribution in [0.5, 0.6) is 0 Å². The highest BCUT2D eigenvalue weighted by Gasteiger charge is 2.15. The number of hydrogen-bond donors (Lipinski definition) is 2. The molecule has 0 saturated carbocycles. The van der Waals surface area contributed by atoms with E-state index >= 15 is 0 Å². The van der Waals surface area contributed by atoms with E-state index in [1.807, 2.05) is 25.6 Å². The lowest BCUT2D eigenvalue weighted by molar-refractivity contribution is 0.652. The van der Waals surface area contributed by atoms with Crippen molar-refractivity contribution in [1.29, 1.82) is 0 Å². The van der Waals surface area contributed by atoms with E-state index in [2.05, 4.69) is 27.3 Å². The molecule has 0 radical (unpaired) electrons. The standard InChI is InChI=1S/C14H21N5OS/c1-5-6-15-8-11-10(3)18-19(4)13(11)21-14-16-9(2)7-12(20)17-14/h7,15H,5-6,8H2,1-4H3,(H,16,17,20). The molecule has 0 bridgehead atoms. The van der Waals surface area contributed by atoms with Crippen molar-refractivity contribution in [2.24, 2.45) is 7.05 Å². The van der Waals surface area contributed by atoms with Crippen LogP contribution in [0.1, 0.15) is 30.3 Å². The summed E-state index contributed by atoms with van der Waals surface area (Å²) in [5, 5.41) is 9.46. The van der Waals surface area contributed by atoms with Crippen molar-refractivity contribution < 1.29 is 0 Å². The smallest absolute Gasteiger partial charge is 0.251 e. The van der Waals surface area contributed by atoms with Gasteiger partial charge in [0, 0.05) is 30.9 Å². The second-order valence-electron chi connectivity index (χ2n) is 4.96. The molecule has 2 heterocycles. The lowest BCUT2D eigenvalue weighted by atomic mass is 10.2. The van der Waals surface area contributed by atoms with Crippen molar-refractivity contribution in [3.63, 3.8) is 0 Å². The molecule has 0 aromatic carbocycles. The first kappa shape index (κ1) is 15.8. The fourth-order valence-corrected chi connectivity index (χ4v) is 3.13. The van der Waals surface area contributed by atoms with Crippen molar-refractivity contribution >= 4 is 11.8 Å². The summed E-state index contributed by atoms with van der Waals surface area (Å²) >= 11 is 1.44. The normalized spacial score (nSPS) is 11.0. The van der Waals surface area contributed by atoms with Gasteiger partial charge in [-0.3, -0.25) is 9.48 Å². The van der Waals surface area contributed by atoms with Crippen molar-refractivity contribution in [2.75, 3.05) is 6.54 Å². The Morgan fingerprint density at radius 3 is 2.86 bits per heavy atom. The lowest BCUT2D eigenvalue weighted by Crippen LogP contribution is -2.15. The third kappa shape index (κ3) is 3.95. The molecule has 21 heavy (non-hydrogen) atoms. The SMILES string of the molecule is CCCNCc1c(C)nn(C)c1Sc1nc(C)cc(=O)[nH]1. The van der Waals surface area contributed by atoms with Crippen LogP contribution in [-0.4, -0.2) is 26.3 Å². The average Bonchev–Trinajstić information content (AvgIpc) is 2.64. The molecule has 0 spiro atoms. The van der Waals surface area contributed by atoms with Gasteiger partial charge in [-0.2, -0.15) is 5.10 Å². The molecule has 0 atom stereocenters. The van der Waals surface area contributed by atoms with Gasteiger partial charge >= 0.3 is 0 Å². The Morgan fingerprint density at radius 2 is 2.19 bits per heavy atom. The predicted molar refractivity (Wildman–Crippen MR) is 83.7 cm³/mol. The third-order valence-corrected chi connectivity index (χ3v) is 4.15. The highest BCUT2D eigenvalue weighted by molar-refractivity contribution is 7.99. The van der Waals surface area contributed by atoms with E-state index in [1.54, 1.807) is 0 Å². The molecule has 0 aliphatic heterocycles. The molecule has 0 aliphatic rings. The molecular formula is C14H21N5OS. The van der Waals surface area contributed by atoms with Gasteiger partial charge < -0.3 is 10.3 Å². The van der Waals surface area contributed by atoms with Crippen LogP contribution in [-0.2, 0) is 13.6 Å². The van der Waals surface area contributed by atoms with E-state index in [0.717, 1.165) is 35.8 Å². The van der Waals surface area contributed by atoms with Crippen molar-refractivity contribution in [2.45, 2.75) is 43.9 Å². The summed E-state index contributed by atoms with van der Waals surface area (Å²) in [6.45, 7) is 7.70. The van der Waals surface area contributed by atoms with Gasteiger partial charge in [0.15, 0.2) is 5.16 Å². The van der Waals surface area contributed by atoms with Gasteiger partial charge in [-0.1, -0.05) is 6.92 Å². The molecule has 0 unspecified atom stereocenters. The summed E-state index contributed by atoms with van der Waals surface area (Å²) in [7, 11) is 1.91. The highest BCUT2D eigenvalue weighted by Crippen LogP contribution is 2.29. The van der Waals surface area contributed by atoms with Crippen LogP contribution in [0.25, 0.3) is 0 Å². The minimum Gasteiger partial charge on any atom is -0.313 e. The summed E-state index contributed by atoms with van der Waals surface area (Å²) in [5.74, 6) is 0. The molecule has 114 valence electrons. The maximum Gasteiger partial charge on any atom is 0.251 e. The molecule has 0 fully saturated rings. The molecule has 2 aromatic heterocycles. The number of aromatic amines is 1. The quantitative estimate of drug-likeness (QED) is 0.628. The second-order valence-corrected chi connectivity index (χ2v) is 5.94. The van der Waals surface area contributed by atoms with E-state index in [4.69, 9.17) is 0 Å². The van der Waals surface area contributed by atoms with Gasteiger partial charge in [-0.05, 0) is 38.6 Å². The van der Waals surface area contributed by atoms with Gasteiger partial charge in [0.2, 0.25) is 0 Å². The molecule has 2 rings (SSSR count). The molecule has 2 aromatic rings. The fourth-order valence-electron chi connectivity index (χ4n) is 2.09. The van der Waals surface area contributed by atoms with E-state index in [0.29, 0.717) is 10.9 Å². The zero-order valence-electron chi connectivity index (χ0n) is 12.9. The van der Waals surface area contributed by atoms with E-state index in [1.165, 1.54) is 17.8 Å². The molecule has 0 amide bonds.